The van der Waals surface area contributed by atoms with Crippen molar-refractivity contribution in [3.05, 3.63) is 52.7 Å². The number of halogens is 1. The second kappa shape index (κ2) is 7.56. The summed E-state index contributed by atoms with van der Waals surface area (Å²) in [6.07, 6.45) is 0. The predicted molar refractivity (Wildman–Crippen MR) is 108 cm³/mol. The van der Waals surface area contributed by atoms with Crippen molar-refractivity contribution in [1.82, 2.24) is 25.1 Å². The Bertz CT molecular complexity index is 1170. The van der Waals surface area contributed by atoms with Crippen LogP contribution in [0.3, 0.4) is 0 Å². The van der Waals surface area contributed by atoms with Gasteiger partial charge in [0.2, 0.25) is 5.82 Å². The first-order chi connectivity index (χ1) is 14.0. The summed E-state index contributed by atoms with van der Waals surface area (Å²) in [5.74, 6) is 1.81. The molecule has 0 spiro atoms. The van der Waals surface area contributed by atoms with Gasteiger partial charge in [-0.1, -0.05) is 51.8 Å². The molecule has 0 fully saturated rings. The third-order valence-electron chi connectivity index (χ3n) is 4.51. The van der Waals surface area contributed by atoms with Gasteiger partial charge in [0.15, 0.2) is 5.69 Å². The fourth-order valence-corrected chi connectivity index (χ4v) is 3.14. The van der Waals surface area contributed by atoms with Gasteiger partial charge < -0.3 is 14.0 Å². The van der Waals surface area contributed by atoms with Gasteiger partial charge in [0.25, 0.3) is 5.89 Å². The monoisotopic (exact) mass is 411 g/mol. The number of aromatic nitrogens is 5. The Morgan fingerprint density at radius 2 is 1.72 bits per heavy atom. The van der Waals surface area contributed by atoms with Gasteiger partial charge in [0.1, 0.15) is 17.2 Å². The standard InChI is InChI=1S/C20H18ClN5O3/c1-11-5-7-13(8-6-11)19-22-20(29-24-19)18-12(2)26(25-23-18)15-9-14(21)16(27-3)10-17(15)28-4/h5-10H,1-4H3. The molecule has 0 amide bonds. The lowest BCUT2D eigenvalue weighted by Gasteiger charge is -2.12. The number of methoxy groups -OCH3 is 2. The molecular formula is C20H18ClN5O3. The van der Waals surface area contributed by atoms with Crippen molar-refractivity contribution in [2.24, 2.45) is 0 Å². The van der Waals surface area contributed by atoms with Gasteiger partial charge in [-0.05, 0) is 19.9 Å². The summed E-state index contributed by atoms with van der Waals surface area (Å²) in [6, 6.07) is 11.3. The highest BCUT2D eigenvalue weighted by Crippen LogP contribution is 2.35. The van der Waals surface area contributed by atoms with Crippen molar-refractivity contribution in [2.75, 3.05) is 14.2 Å². The molecule has 0 aliphatic heterocycles. The van der Waals surface area contributed by atoms with Crippen molar-refractivity contribution in [1.29, 1.82) is 0 Å². The van der Waals surface area contributed by atoms with Gasteiger partial charge in [-0.25, -0.2) is 4.68 Å². The number of nitrogens with zero attached hydrogens (tertiary/aromatic N) is 5. The molecule has 0 N–H and O–H groups in total. The quantitative estimate of drug-likeness (QED) is 0.484. The van der Waals surface area contributed by atoms with Crippen LogP contribution in [0, 0.1) is 13.8 Å². The van der Waals surface area contributed by atoms with Crippen LogP contribution < -0.4 is 9.47 Å². The molecule has 9 heteroatoms. The van der Waals surface area contributed by atoms with Gasteiger partial charge in [-0.15, -0.1) is 5.10 Å². The van der Waals surface area contributed by atoms with E-state index in [0.717, 1.165) is 11.1 Å². The van der Waals surface area contributed by atoms with Crippen LogP contribution in [0.1, 0.15) is 11.3 Å². The van der Waals surface area contributed by atoms with E-state index in [1.54, 1.807) is 31.0 Å². The van der Waals surface area contributed by atoms with Crippen LogP contribution >= 0.6 is 11.6 Å². The lowest BCUT2D eigenvalue weighted by molar-refractivity contribution is 0.392. The van der Waals surface area contributed by atoms with E-state index in [4.69, 9.17) is 25.6 Å². The van der Waals surface area contributed by atoms with E-state index in [1.807, 2.05) is 38.1 Å². The van der Waals surface area contributed by atoms with Crippen LogP contribution in [0.2, 0.25) is 5.02 Å². The average molecular weight is 412 g/mol. The molecule has 2 aromatic heterocycles. The molecule has 29 heavy (non-hydrogen) atoms. The Morgan fingerprint density at radius 3 is 2.41 bits per heavy atom. The summed E-state index contributed by atoms with van der Waals surface area (Å²) >= 11 is 6.28. The van der Waals surface area contributed by atoms with Crippen molar-refractivity contribution in [3.63, 3.8) is 0 Å². The Balaban J connectivity index is 1.73. The molecule has 2 heterocycles. The fourth-order valence-electron chi connectivity index (χ4n) is 2.90. The molecule has 8 nitrogen and oxygen atoms in total. The van der Waals surface area contributed by atoms with Crippen LogP contribution in [0.5, 0.6) is 11.5 Å². The smallest absolute Gasteiger partial charge is 0.280 e. The SMILES string of the molecule is COc1cc(OC)c(-n2nnc(-c3nc(-c4ccc(C)cc4)no3)c2C)cc1Cl. The van der Waals surface area contributed by atoms with Gasteiger partial charge in [-0.2, -0.15) is 4.98 Å². The first kappa shape index (κ1) is 18.9. The van der Waals surface area contributed by atoms with Crippen molar-refractivity contribution >= 4 is 11.6 Å². The zero-order valence-electron chi connectivity index (χ0n) is 16.3. The number of hydrogen-bond acceptors (Lipinski definition) is 7. The highest BCUT2D eigenvalue weighted by molar-refractivity contribution is 6.32. The van der Waals surface area contributed by atoms with Crippen LogP contribution in [0.15, 0.2) is 40.9 Å². The van der Waals surface area contributed by atoms with Crippen molar-refractivity contribution in [3.8, 4) is 40.2 Å². The maximum Gasteiger partial charge on any atom is 0.280 e. The maximum absolute atomic E-state index is 6.28. The van der Waals surface area contributed by atoms with Gasteiger partial charge in [0, 0.05) is 11.6 Å². The molecule has 0 atom stereocenters. The fraction of sp³-hybridized carbons (Fsp3) is 0.200. The lowest BCUT2D eigenvalue weighted by atomic mass is 10.1. The highest BCUT2D eigenvalue weighted by Gasteiger charge is 2.21. The van der Waals surface area contributed by atoms with Gasteiger partial charge in [-0.3, -0.25) is 0 Å². The minimum Gasteiger partial charge on any atom is -0.495 e. The topological polar surface area (TPSA) is 88.1 Å². The normalized spacial score (nSPS) is 10.9. The van der Waals surface area contributed by atoms with Gasteiger partial charge in [0.05, 0.1) is 24.9 Å². The van der Waals surface area contributed by atoms with E-state index in [0.29, 0.717) is 39.4 Å². The van der Waals surface area contributed by atoms with Crippen LogP contribution in [-0.2, 0) is 0 Å². The summed E-state index contributed by atoms with van der Waals surface area (Å²) in [5.41, 5.74) is 3.81. The predicted octanol–water partition coefficient (Wildman–Crippen LogP) is 4.27. The van der Waals surface area contributed by atoms with Crippen LogP contribution in [-0.4, -0.2) is 39.4 Å². The van der Waals surface area contributed by atoms with Crippen molar-refractivity contribution in [2.45, 2.75) is 13.8 Å². The van der Waals surface area contributed by atoms with Gasteiger partial charge >= 0.3 is 0 Å². The van der Waals surface area contributed by atoms with Crippen LogP contribution in [0.25, 0.3) is 28.7 Å². The summed E-state index contributed by atoms with van der Waals surface area (Å²) < 4.78 is 17.7. The summed E-state index contributed by atoms with van der Waals surface area (Å²) in [5, 5.41) is 12.9. The van der Waals surface area contributed by atoms with E-state index in [-0.39, 0.29) is 5.89 Å². The van der Waals surface area contributed by atoms with E-state index in [2.05, 4.69) is 20.5 Å². The number of hydrogen-bond donors (Lipinski definition) is 0. The number of rotatable bonds is 5. The number of aryl methyl sites for hydroxylation is 1. The zero-order chi connectivity index (χ0) is 20.5. The summed E-state index contributed by atoms with van der Waals surface area (Å²) in [4.78, 5) is 4.46. The maximum atomic E-state index is 6.28. The molecule has 0 saturated carbocycles. The molecule has 0 radical (unpaired) electrons. The number of benzene rings is 2. The molecule has 0 aliphatic carbocycles. The highest BCUT2D eigenvalue weighted by atomic mass is 35.5. The summed E-state index contributed by atoms with van der Waals surface area (Å²) in [6.45, 7) is 3.87. The van der Waals surface area contributed by atoms with Crippen molar-refractivity contribution < 1.29 is 14.0 Å². The third kappa shape index (κ3) is 3.42. The van der Waals surface area contributed by atoms with E-state index >= 15 is 0 Å². The molecule has 0 unspecified atom stereocenters. The Kier molecular flexibility index (Phi) is 4.94. The van der Waals surface area contributed by atoms with E-state index in [1.165, 1.54) is 0 Å². The second-order valence-electron chi connectivity index (χ2n) is 6.38. The van der Waals surface area contributed by atoms with E-state index in [9.17, 15) is 0 Å². The third-order valence-corrected chi connectivity index (χ3v) is 4.81. The lowest BCUT2D eigenvalue weighted by Crippen LogP contribution is -2.03. The average Bonchev–Trinajstić information content (AvgIpc) is 3.35. The molecular weight excluding hydrogens is 394 g/mol. The molecule has 4 aromatic rings. The first-order valence-electron chi connectivity index (χ1n) is 8.77. The summed E-state index contributed by atoms with van der Waals surface area (Å²) in [7, 11) is 3.10. The molecule has 2 aromatic carbocycles. The molecule has 0 saturated heterocycles. The van der Waals surface area contributed by atoms with Crippen LogP contribution in [0.4, 0.5) is 0 Å². The Hall–Kier alpha value is -3.39. The second-order valence-corrected chi connectivity index (χ2v) is 6.79. The van der Waals surface area contributed by atoms with E-state index < -0.39 is 0 Å². The molecule has 148 valence electrons. The first-order valence-corrected chi connectivity index (χ1v) is 9.15. The molecule has 4 rings (SSSR count). The zero-order valence-corrected chi connectivity index (χ0v) is 17.1. The minimum absolute atomic E-state index is 0.280. The minimum atomic E-state index is 0.280. The molecule has 0 bridgehead atoms. The molecule has 0 aliphatic rings. The Labute approximate surface area is 172 Å². The Morgan fingerprint density at radius 1 is 1.00 bits per heavy atom. The largest absolute Gasteiger partial charge is 0.495 e. The number of ether oxygens (including phenoxy) is 2.